The van der Waals surface area contributed by atoms with E-state index in [-0.39, 0.29) is 11.3 Å². The topological polar surface area (TPSA) is 66.0 Å². The molecule has 4 rings (SSSR count). The zero-order chi connectivity index (χ0) is 18.8. The Bertz CT molecular complexity index is 1180. The average Bonchev–Trinajstić information content (AvgIpc) is 3.13. The lowest BCUT2D eigenvalue weighted by Gasteiger charge is -2.05. The average molecular weight is 393 g/mol. The first-order valence-electron chi connectivity index (χ1n) is 8.28. The number of fused-ring (bicyclic) bond motifs is 1. The molecule has 0 saturated carbocycles. The van der Waals surface area contributed by atoms with E-state index in [1.807, 2.05) is 60.2 Å². The SMILES string of the molecule is CS/C(=C\c1ccc(O)cc1)c1nc2scc(-c3ccccc3)c2c(=O)[nH]1. The highest BCUT2D eigenvalue weighted by atomic mass is 32.2. The van der Waals surface area contributed by atoms with Gasteiger partial charge in [0.1, 0.15) is 16.4 Å². The number of nitrogens with zero attached hydrogens (tertiary/aromatic N) is 1. The molecule has 0 aliphatic rings. The maximum absolute atomic E-state index is 12.8. The summed E-state index contributed by atoms with van der Waals surface area (Å²) in [5, 5.41) is 12.0. The zero-order valence-electron chi connectivity index (χ0n) is 14.5. The lowest BCUT2D eigenvalue weighted by Crippen LogP contribution is -2.10. The molecular weight excluding hydrogens is 376 g/mol. The van der Waals surface area contributed by atoms with Crippen molar-refractivity contribution in [3.63, 3.8) is 0 Å². The van der Waals surface area contributed by atoms with Crippen LogP contribution in [0, 0.1) is 0 Å². The molecule has 6 heteroatoms. The smallest absolute Gasteiger partial charge is 0.260 e. The molecule has 2 N–H and O–H groups in total. The van der Waals surface area contributed by atoms with E-state index >= 15 is 0 Å². The van der Waals surface area contributed by atoms with Gasteiger partial charge in [0, 0.05) is 10.9 Å². The summed E-state index contributed by atoms with van der Waals surface area (Å²) in [6, 6.07) is 16.8. The highest BCUT2D eigenvalue weighted by Gasteiger charge is 2.14. The van der Waals surface area contributed by atoms with Crippen molar-refractivity contribution in [2.24, 2.45) is 0 Å². The fraction of sp³-hybridized carbons (Fsp3) is 0.0476. The molecule has 0 bridgehead atoms. The van der Waals surface area contributed by atoms with Crippen LogP contribution in [0.1, 0.15) is 11.4 Å². The number of aromatic nitrogens is 2. The molecule has 0 spiro atoms. The van der Waals surface area contributed by atoms with Crippen molar-refractivity contribution in [3.8, 4) is 16.9 Å². The minimum Gasteiger partial charge on any atom is -0.508 e. The van der Waals surface area contributed by atoms with Crippen LogP contribution >= 0.6 is 23.1 Å². The molecule has 0 amide bonds. The van der Waals surface area contributed by atoms with Gasteiger partial charge in [0.25, 0.3) is 5.56 Å². The number of nitrogens with one attached hydrogen (secondary N) is 1. The summed E-state index contributed by atoms with van der Waals surface area (Å²) >= 11 is 2.99. The molecule has 0 atom stereocenters. The molecule has 0 unspecified atom stereocenters. The number of H-pyrrole nitrogens is 1. The van der Waals surface area contributed by atoms with E-state index in [9.17, 15) is 9.90 Å². The van der Waals surface area contributed by atoms with Gasteiger partial charge >= 0.3 is 0 Å². The molecule has 0 aliphatic heterocycles. The van der Waals surface area contributed by atoms with Crippen molar-refractivity contribution in [1.82, 2.24) is 9.97 Å². The zero-order valence-corrected chi connectivity index (χ0v) is 16.1. The summed E-state index contributed by atoms with van der Waals surface area (Å²) in [5.41, 5.74) is 2.70. The highest BCUT2D eigenvalue weighted by molar-refractivity contribution is 8.07. The maximum Gasteiger partial charge on any atom is 0.260 e. The molecule has 0 radical (unpaired) electrons. The van der Waals surface area contributed by atoms with Gasteiger partial charge in [0.15, 0.2) is 0 Å². The number of aromatic amines is 1. The van der Waals surface area contributed by atoms with Crippen molar-refractivity contribution in [1.29, 1.82) is 0 Å². The van der Waals surface area contributed by atoms with E-state index in [2.05, 4.69) is 4.98 Å². The van der Waals surface area contributed by atoms with Gasteiger partial charge in [0.2, 0.25) is 0 Å². The van der Waals surface area contributed by atoms with E-state index < -0.39 is 0 Å². The van der Waals surface area contributed by atoms with Crippen LogP contribution in [0.5, 0.6) is 5.75 Å². The van der Waals surface area contributed by atoms with Crippen LogP contribution in [-0.4, -0.2) is 21.3 Å². The third-order valence-corrected chi connectivity index (χ3v) is 5.80. The van der Waals surface area contributed by atoms with Crippen molar-refractivity contribution >= 4 is 44.3 Å². The van der Waals surface area contributed by atoms with Crippen LogP contribution in [0.25, 0.3) is 32.3 Å². The van der Waals surface area contributed by atoms with Gasteiger partial charge < -0.3 is 10.1 Å². The van der Waals surface area contributed by atoms with Gasteiger partial charge in [-0.2, -0.15) is 0 Å². The number of thioether (sulfide) groups is 1. The van der Waals surface area contributed by atoms with E-state index in [1.54, 1.807) is 12.1 Å². The summed E-state index contributed by atoms with van der Waals surface area (Å²) in [7, 11) is 0. The largest absolute Gasteiger partial charge is 0.508 e. The van der Waals surface area contributed by atoms with Gasteiger partial charge in [-0.3, -0.25) is 4.79 Å². The van der Waals surface area contributed by atoms with Crippen LogP contribution in [0.2, 0.25) is 0 Å². The second kappa shape index (κ2) is 7.42. The van der Waals surface area contributed by atoms with E-state index in [1.165, 1.54) is 23.1 Å². The summed E-state index contributed by atoms with van der Waals surface area (Å²) in [6.07, 6.45) is 3.89. The van der Waals surface area contributed by atoms with Gasteiger partial charge in [-0.25, -0.2) is 4.98 Å². The van der Waals surface area contributed by atoms with Gasteiger partial charge in [-0.1, -0.05) is 42.5 Å². The minimum absolute atomic E-state index is 0.138. The second-order valence-corrected chi connectivity index (χ2v) is 7.62. The minimum atomic E-state index is -0.138. The number of benzene rings is 2. The number of thiophene rings is 1. The van der Waals surface area contributed by atoms with Crippen LogP contribution in [0.4, 0.5) is 0 Å². The molecule has 2 aromatic carbocycles. The Kier molecular flexibility index (Phi) is 4.83. The Balaban J connectivity index is 1.81. The number of rotatable bonds is 4. The van der Waals surface area contributed by atoms with Crippen molar-refractivity contribution in [2.75, 3.05) is 6.26 Å². The summed E-state index contributed by atoms with van der Waals surface area (Å²) in [4.78, 5) is 22.0. The number of aromatic hydroxyl groups is 1. The standard InChI is InChI=1S/C21H16N2O2S2/c1-26-17(11-13-7-9-15(24)10-8-13)19-22-20(25)18-16(12-27-21(18)23-19)14-5-3-2-4-6-14/h2-12,24H,1H3,(H,22,23,25)/b17-11-. The molecular formula is C21H16N2O2S2. The lowest BCUT2D eigenvalue weighted by atomic mass is 10.1. The Morgan fingerprint density at radius 1 is 1.15 bits per heavy atom. The first kappa shape index (κ1) is 17.6. The maximum atomic E-state index is 12.8. The van der Waals surface area contributed by atoms with Crippen molar-refractivity contribution in [2.45, 2.75) is 0 Å². The number of phenolic OH excluding ortho intramolecular Hbond substituents is 1. The Hall–Kier alpha value is -2.83. The highest BCUT2D eigenvalue weighted by Crippen LogP contribution is 2.32. The summed E-state index contributed by atoms with van der Waals surface area (Å²) in [6.45, 7) is 0. The first-order chi connectivity index (χ1) is 13.2. The molecule has 4 nitrogen and oxygen atoms in total. The molecule has 0 saturated heterocycles. The Morgan fingerprint density at radius 3 is 2.59 bits per heavy atom. The molecule has 0 fully saturated rings. The van der Waals surface area contributed by atoms with Gasteiger partial charge in [-0.05, 0) is 35.6 Å². The quantitative estimate of drug-likeness (QED) is 0.500. The van der Waals surface area contributed by atoms with E-state index in [0.717, 1.165) is 26.4 Å². The summed E-state index contributed by atoms with van der Waals surface area (Å²) in [5.74, 6) is 0.771. The predicted molar refractivity (Wildman–Crippen MR) is 115 cm³/mol. The van der Waals surface area contributed by atoms with Crippen molar-refractivity contribution in [3.05, 3.63) is 81.7 Å². The predicted octanol–water partition coefficient (Wildman–Crippen LogP) is 5.22. The molecule has 4 aromatic rings. The lowest BCUT2D eigenvalue weighted by molar-refractivity contribution is 0.475. The summed E-state index contributed by atoms with van der Waals surface area (Å²) < 4.78 is 0. The fourth-order valence-corrected chi connectivity index (χ4v) is 4.33. The normalized spacial score (nSPS) is 11.8. The van der Waals surface area contributed by atoms with Gasteiger partial charge in [-0.15, -0.1) is 23.1 Å². The first-order valence-corrected chi connectivity index (χ1v) is 10.4. The van der Waals surface area contributed by atoms with Crippen molar-refractivity contribution < 1.29 is 5.11 Å². The fourth-order valence-electron chi connectivity index (χ4n) is 2.84. The second-order valence-electron chi connectivity index (χ2n) is 5.91. The monoisotopic (exact) mass is 392 g/mol. The third-order valence-electron chi connectivity index (χ3n) is 4.17. The van der Waals surface area contributed by atoms with Crippen LogP contribution in [0.15, 0.2) is 64.8 Å². The van der Waals surface area contributed by atoms with Crippen LogP contribution in [-0.2, 0) is 0 Å². The number of phenols is 1. The Morgan fingerprint density at radius 2 is 1.89 bits per heavy atom. The van der Waals surface area contributed by atoms with E-state index in [0.29, 0.717) is 11.2 Å². The Labute approximate surface area is 164 Å². The molecule has 2 aromatic heterocycles. The van der Waals surface area contributed by atoms with E-state index in [4.69, 9.17) is 4.98 Å². The number of hydrogen-bond donors (Lipinski definition) is 2. The van der Waals surface area contributed by atoms with Crippen LogP contribution < -0.4 is 5.56 Å². The third kappa shape index (κ3) is 3.54. The molecule has 2 heterocycles. The van der Waals surface area contributed by atoms with Crippen LogP contribution in [0.3, 0.4) is 0 Å². The van der Waals surface area contributed by atoms with Gasteiger partial charge in [0.05, 0.1) is 10.3 Å². The molecule has 134 valence electrons. The molecule has 27 heavy (non-hydrogen) atoms. The number of hydrogen-bond acceptors (Lipinski definition) is 5. The molecule has 0 aliphatic carbocycles.